The first-order valence-electron chi connectivity index (χ1n) is 12.0. The highest BCUT2D eigenvalue weighted by atomic mass is 19.1. The monoisotopic (exact) mass is 480 g/mol. The van der Waals surface area contributed by atoms with Crippen LogP contribution in [0.25, 0.3) is 0 Å². The van der Waals surface area contributed by atoms with Crippen molar-refractivity contribution in [2.24, 2.45) is 11.8 Å². The lowest BCUT2D eigenvalue weighted by molar-refractivity contribution is -0.187. The van der Waals surface area contributed by atoms with Gasteiger partial charge in [0.1, 0.15) is 17.5 Å². The molecule has 2 saturated heterocycles. The summed E-state index contributed by atoms with van der Waals surface area (Å²) in [6.45, 7) is 18.0. The number of aryl methyl sites for hydroxylation is 3. The van der Waals surface area contributed by atoms with E-state index in [4.69, 9.17) is 14.2 Å². The number of halogens is 2. The Kier molecular flexibility index (Phi) is 14.0. The van der Waals surface area contributed by atoms with Crippen molar-refractivity contribution < 1.29 is 23.0 Å². The lowest BCUT2D eigenvalue weighted by atomic mass is 10.0. The molecule has 7 heteroatoms. The van der Waals surface area contributed by atoms with Crippen molar-refractivity contribution in [2.75, 3.05) is 19.8 Å². The molecule has 5 nitrogen and oxygen atoms in total. The Morgan fingerprint density at radius 3 is 1.59 bits per heavy atom. The molecule has 0 amide bonds. The summed E-state index contributed by atoms with van der Waals surface area (Å²) in [4.78, 5) is 7.94. The van der Waals surface area contributed by atoms with Gasteiger partial charge >= 0.3 is 0 Å². The van der Waals surface area contributed by atoms with Gasteiger partial charge in [0.15, 0.2) is 6.29 Å². The highest BCUT2D eigenvalue weighted by molar-refractivity contribution is 5.23. The van der Waals surface area contributed by atoms with E-state index in [1.807, 2.05) is 33.2 Å². The second-order valence-corrected chi connectivity index (χ2v) is 9.33. The molecule has 0 spiro atoms. The summed E-state index contributed by atoms with van der Waals surface area (Å²) in [5.74, 6) is 1.25. The van der Waals surface area contributed by atoms with E-state index in [0.29, 0.717) is 17.6 Å². The molecule has 2 aliphatic rings. The summed E-state index contributed by atoms with van der Waals surface area (Å²) in [7, 11) is 0. The Bertz CT molecular complexity index is 733. The highest BCUT2D eigenvalue weighted by Crippen LogP contribution is 2.17. The maximum absolute atomic E-state index is 12.6. The molecule has 1 aromatic heterocycles. The maximum Gasteiger partial charge on any atom is 0.154 e. The van der Waals surface area contributed by atoms with E-state index >= 15 is 0 Å². The minimum absolute atomic E-state index is 0.0196. The summed E-state index contributed by atoms with van der Waals surface area (Å²) < 4.78 is 40.9. The van der Waals surface area contributed by atoms with E-state index in [1.165, 1.54) is 31.9 Å². The molecule has 2 atom stereocenters. The molecule has 0 bridgehead atoms. The lowest BCUT2D eigenvalue weighted by Gasteiger charge is -2.24. The molecule has 4 rings (SSSR count). The minimum Gasteiger partial charge on any atom is -0.378 e. The average molecular weight is 481 g/mol. The fourth-order valence-corrected chi connectivity index (χ4v) is 2.94. The molecule has 2 aliphatic heterocycles. The van der Waals surface area contributed by atoms with Gasteiger partial charge in [-0.15, -0.1) is 0 Å². The third kappa shape index (κ3) is 13.1. The summed E-state index contributed by atoms with van der Waals surface area (Å²) in [6, 6.07) is 2.64. The van der Waals surface area contributed by atoms with Crippen LogP contribution in [0.1, 0.15) is 63.1 Å². The van der Waals surface area contributed by atoms with Crippen LogP contribution in [0.3, 0.4) is 0 Å². The van der Waals surface area contributed by atoms with Gasteiger partial charge in [-0.3, -0.25) is 0 Å². The predicted octanol–water partition coefficient (Wildman–Crippen LogP) is 6.51. The molecule has 192 valence electrons. The molecule has 2 fully saturated rings. The van der Waals surface area contributed by atoms with Crippen LogP contribution < -0.4 is 0 Å². The summed E-state index contributed by atoms with van der Waals surface area (Å²) in [5.41, 5.74) is 1.81. The van der Waals surface area contributed by atoms with E-state index in [9.17, 15) is 8.78 Å². The lowest BCUT2D eigenvalue weighted by Crippen LogP contribution is -2.27. The van der Waals surface area contributed by atoms with Crippen molar-refractivity contribution in [3.05, 3.63) is 58.7 Å². The molecular formula is C27H42F2N2O3. The van der Waals surface area contributed by atoms with Crippen LogP contribution >= 0.6 is 0 Å². The molecular weight excluding hydrogens is 438 g/mol. The Morgan fingerprint density at radius 1 is 0.706 bits per heavy atom. The number of ether oxygens (including phenoxy) is 3. The van der Waals surface area contributed by atoms with Crippen LogP contribution in [0.15, 0.2) is 24.5 Å². The Hall–Kier alpha value is -1.96. The van der Waals surface area contributed by atoms with Gasteiger partial charge in [0.25, 0.3) is 0 Å². The van der Waals surface area contributed by atoms with Crippen LogP contribution in [0.2, 0.25) is 0 Å². The third-order valence-electron chi connectivity index (χ3n) is 5.30. The van der Waals surface area contributed by atoms with E-state index < -0.39 is 11.6 Å². The van der Waals surface area contributed by atoms with E-state index in [2.05, 4.69) is 30.7 Å². The van der Waals surface area contributed by atoms with Gasteiger partial charge in [-0.2, -0.15) is 0 Å². The van der Waals surface area contributed by atoms with Crippen LogP contribution in [0, 0.1) is 51.2 Å². The summed E-state index contributed by atoms with van der Waals surface area (Å²) >= 11 is 0. The molecule has 0 saturated carbocycles. The van der Waals surface area contributed by atoms with E-state index in [-0.39, 0.29) is 11.9 Å². The molecule has 0 radical (unpaired) electrons. The van der Waals surface area contributed by atoms with Crippen LogP contribution in [0.4, 0.5) is 8.78 Å². The van der Waals surface area contributed by atoms with Gasteiger partial charge in [-0.1, -0.05) is 13.8 Å². The molecule has 0 aliphatic carbocycles. The number of hydrogen-bond donors (Lipinski definition) is 0. The number of nitrogens with zero attached hydrogens (tertiary/aromatic N) is 2. The number of benzene rings is 1. The fraction of sp³-hybridized carbons (Fsp3) is 0.630. The van der Waals surface area contributed by atoms with Gasteiger partial charge in [-0.25, -0.2) is 18.7 Å². The zero-order chi connectivity index (χ0) is 25.7. The maximum atomic E-state index is 12.6. The van der Waals surface area contributed by atoms with Crippen molar-refractivity contribution in [3.8, 4) is 0 Å². The first kappa shape index (κ1) is 30.1. The third-order valence-corrected chi connectivity index (χ3v) is 5.30. The van der Waals surface area contributed by atoms with Gasteiger partial charge < -0.3 is 14.2 Å². The quantitative estimate of drug-likeness (QED) is 0.430. The van der Waals surface area contributed by atoms with Gasteiger partial charge in [0, 0.05) is 30.5 Å². The summed E-state index contributed by atoms with van der Waals surface area (Å²) in [5, 5.41) is 0. The average Bonchev–Trinajstić information content (AvgIpc) is 2.79. The number of aromatic nitrogens is 2. The molecule has 34 heavy (non-hydrogen) atoms. The van der Waals surface area contributed by atoms with Gasteiger partial charge in [-0.05, 0) is 83.6 Å². The first-order valence-corrected chi connectivity index (χ1v) is 12.0. The van der Waals surface area contributed by atoms with Crippen molar-refractivity contribution in [2.45, 2.75) is 80.6 Å². The second-order valence-electron chi connectivity index (χ2n) is 9.33. The number of hydrogen-bond acceptors (Lipinski definition) is 5. The Morgan fingerprint density at radius 2 is 1.21 bits per heavy atom. The predicted molar refractivity (Wildman–Crippen MR) is 132 cm³/mol. The Labute approximate surface area is 204 Å². The largest absolute Gasteiger partial charge is 0.378 e. The molecule has 0 N–H and O–H groups in total. The zero-order valence-electron chi connectivity index (χ0n) is 22.0. The van der Waals surface area contributed by atoms with Crippen molar-refractivity contribution in [1.29, 1.82) is 0 Å². The fourth-order valence-electron chi connectivity index (χ4n) is 2.94. The van der Waals surface area contributed by atoms with Gasteiger partial charge in [0.2, 0.25) is 0 Å². The van der Waals surface area contributed by atoms with Crippen LogP contribution in [-0.2, 0) is 14.2 Å². The molecule has 3 heterocycles. The SMILES string of the molecule is CC1CCC(C)OC1.CC1COC(C)OC1.Cc1cc(F)c(C)c(F)c1.Cc1cnc(C)nc1. The topological polar surface area (TPSA) is 53.5 Å². The molecule has 1 aromatic carbocycles. The smallest absolute Gasteiger partial charge is 0.154 e. The van der Waals surface area contributed by atoms with Crippen molar-refractivity contribution in [1.82, 2.24) is 9.97 Å². The standard InChI is InChI=1S/C8H8F2.C7H14O.C6H8N2.C6H12O2/c1-5-3-7(9)6(2)8(10)4-5;1-6-3-4-7(2)8-5-6;2*1-5-3-7-6(2)8-4-5/h3-4H,1-2H3;6-7H,3-5H2,1-2H3;3-4H,1-2H3;5-6H,3-4H2,1-2H3. The van der Waals surface area contributed by atoms with Crippen LogP contribution in [-0.4, -0.2) is 42.2 Å². The summed E-state index contributed by atoms with van der Waals surface area (Å²) in [6.07, 6.45) is 6.75. The van der Waals surface area contributed by atoms with Crippen LogP contribution in [0.5, 0.6) is 0 Å². The molecule has 2 unspecified atom stereocenters. The van der Waals surface area contributed by atoms with Gasteiger partial charge in [0.05, 0.1) is 19.3 Å². The van der Waals surface area contributed by atoms with Crippen molar-refractivity contribution in [3.63, 3.8) is 0 Å². The number of rotatable bonds is 0. The van der Waals surface area contributed by atoms with Crippen molar-refractivity contribution >= 4 is 0 Å². The van der Waals surface area contributed by atoms with E-state index in [0.717, 1.165) is 37.1 Å². The van der Waals surface area contributed by atoms with E-state index in [1.54, 1.807) is 6.92 Å². The normalized spacial score (nSPS) is 23.8. The Balaban J connectivity index is 0.000000228. The highest BCUT2D eigenvalue weighted by Gasteiger charge is 2.14. The first-order chi connectivity index (χ1) is 16.0. The zero-order valence-corrected chi connectivity index (χ0v) is 22.0. The minimum atomic E-state index is -0.475. The second kappa shape index (κ2) is 15.8. The molecule has 2 aromatic rings.